The summed E-state index contributed by atoms with van der Waals surface area (Å²) in [4.78, 5) is 11.3. The van der Waals surface area contributed by atoms with E-state index in [1.165, 1.54) is 4.90 Å². The molecule has 21 heavy (non-hydrogen) atoms. The minimum atomic E-state index is -5.39. The smallest absolute Gasteiger partial charge is 0.480 e. The highest BCUT2D eigenvalue weighted by molar-refractivity contribution is 7.92. The van der Waals surface area contributed by atoms with Gasteiger partial charge in [-0.15, -0.1) is 0 Å². The molecule has 0 atom stereocenters. The van der Waals surface area contributed by atoms with Gasteiger partial charge in [0.2, 0.25) is 0 Å². The largest absolute Gasteiger partial charge is 0.501 e. The maximum absolute atomic E-state index is 12.4. The van der Waals surface area contributed by atoms with E-state index in [9.17, 15) is 26.4 Å². The number of hydrogen-bond donors (Lipinski definition) is 1. The van der Waals surface area contributed by atoms with Crippen molar-refractivity contribution in [2.45, 2.75) is 23.7 Å². The van der Waals surface area contributed by atoms with Crippen LogP contribution in [-0.2, 0) is 14.6 Å². The lowest BCUT2D eigenvalue weighted by Crippen LogP contribution is -2.30. The fourth-order valence-corrected chi connectivity index (χ4v) is 2.46. The van der Waals surface area contributed by atoms with Crippen LogP contribution in [0.3, 0.4) is 0 Å². The molecule has 0 aliphatic carbocycles. The van der Waals surface area contributed by atoms with E-state index in [1.54, 1.807) is 0 Å². The molecule has 0 fully saturated rings. The quantitative estimate of drug-likeness (QED) is 0.868. The summed E-state index contributed by atoms with van der Waals surface area (Å²) in [5.74, 6) is -1.09. The van der Waals surface area contributed by atoms with Gasteiger partial charge in [0.1, 0.15) is 6.54 Å². The Morgan fingerprint density at radius 2 is 1.76 bits per heavy atom. The predicted octanol–water partition coefficient (Wildman–Crippen LogP) is 2.28. The number of alkyl halides is 3. The molecule has 118 valence electrons. The van der Waals surface area contributed by atoms with Crippen LogP contribution in [0.25, 0.3) is 0 Å². The van der Waals surface area contributed by atoms with Crippen LogP contribution in [-0.4, -0.2) is 38.1 Å². The van der Waals surface area contributed by atoms with Crippen molar-refractivity contribution in [2.24, 2.45) is 0 Å². The van der Waals surface area contributed by atoms with Crippen molar-refractivity contribution in [3.8, 4) is 0 Å². The summed E-state index contributed by atoms with van der Waals surface area (Å²) < 4.78 is 59.6. The Morgan fingerprint density at radius 1 is 1.24 bits per heavy atom. The lowest BCUT2D eigenvalue weighted by Gasteiger charge is -2.22. The first kappa shape index (κ1) is 17.3. The molecule has 1 rings (SSSR count). The molecule has 0 heterocycles. The minimum Gasteiger partial charge on any atom is -0.480 e. The zero-order chi connectivity index (χ0) is 16.3. The molecule has 1 aromatic rings. The number of anilines is 1. The second-order valence-corrected chi connectivity index (χ2v) is 6.20. The molecule has 0 unspecified atom stereocenters. The van der Waals surface area contributed by atoms with Crippen LogP contribution in [0, 0.1) is 0 Å². The second kappa shape index (κ2) is 6.33. The summed E-state index contributed by atoms with van der Waals surface area (Å²) in [6, 6.07) is 3.97. The van der Waals surface area contributed by atoms with E-state index in [0.29, 0.717) is 18.7 Å². The predicted molar refractivity (Wildman–Crippen MR) is 69.8 cm³/mol. The number of sulfone groups is 1. The van der Waals surface area contributed by atoms with Gasteiger partial charge in [-0.05, 0) is 30.7 Å². The molecule has 0 saturated carbocycles. The molecule has 0 aliphatic heterocycles. The van der Waals surface area contributed by atoms with Gasteiger partial charge in [0.15, 0.2) is 0 Å². The summed E-state index contributed by atoms with van der Waals surface area (Å²) in [7, 11) is -5.39. The SMILES string of the molecule is CCCN(CC(=O)O)c1ccc(S(=O)(=O)C(F)(F)F)cc1. The zero-order valence-corrected chi connectivity index (χ0v) is 11.9. The van der Waals surface area contributed by atoms with Crippen molar-refractivity contribution in [3.63, 3.8) is 0 Å². The van der Waals surface area contributed by atoms with Crippen molar-refractivity contribution in [1.82, 2.24) is 0 Å². The normalized spacial score (nSPS) is 12.2. The lowest BCUT2D eigenvalue weighted by atomic mass is 10.2. The highest BCUT2D eigenvalue weighted by atomic mass is 32.2. The van der Waals surface area contributed by atoms with E-state index in [-0.39, 0.29) is 6.54 Å². The van der Waals surface area contributed by atoms with Gasteiger partial charge in [0, 0.05) is 12.2 Å². The van der Waals surface area contributed by atoms with E-state index in [4.69, 9.17) is 5.11 Å². The van der Waals surface area contributed by atoms with Crippen molar-refractivity contribution < 1.29 is 31.5 Å². The third-order valence-corrected chi connectivity index (χ3v) is 4.14. The molecule has 0 aliphatic rings. The first-order valence-corrected chi connectivity index (χ1v) is 7.46. The van der Waals surface area contributed by atoms with E-state index < -0.39 is 26.2 Å². The Morgan fingerprint density at radius 3 is 2.14 bits per heavy atom. The molecule has 0 amide bonds. The van der Waals surface area contributed by atoms with Crippen LogP contribution in [0.1, 0.15) is 13.3 Å². The number of nitrogens with zero attached hydrogens (tertiary/aromatic N) is 1. The number of aliphatic carboxylic acids is 1. The maximum atomic E-state index is 12.4. The van der Waals surface area contributed by atoms with E-state index in [2.05, 4.69) is 0 Å². The van der Waals surface area contributed by atoms with Gasteiger partial charge >= 0.3 is 11.5 Å². The topological polar surface area (TPSA) is 74.7 Å². The van der Waals surface area contributed by atoms with Gasteiger partial charge in [-0.25, -0.2) is 8.42 Å². The number of halogens is 3. The summed E-state index contributed by atoms with van der Waals surface area (Å²) in [5.41, 5.74) is -5.01. The van der Waals surface area contributed by atoms with Gasteiger partial charge < -0.3 is 10.0 Å². The third kappa shape index (κ3) is 4.10. The molecule has 1 N–H and O–H groups in total. The van der Waals surface area contributed by atoms with Crippen LogP contribution in [0.4, 0.5) is 18.9 Å². The van der Waals surface area contributed by atoms with Gasteiger partial charge in [-0.3, -0.25) is 4.79 Å². The number of benzene rings is 1. The van der Waals surface area contributed by atoms with Gasteiger partial charge in [-0.1, -0.05) is 6.92 Å². The number of carboxylic acids is 1. The first-order chi connectivity index (χ1) is 9.59. The van der Waals surface area contributed by atoms with E-state index >= 15 is 0 Å². The third-order valence-electron chi connectivity index (χ3n) is 2.64. The van der Waals surface area contributed by atoms with Crippen molar-refractivity contribution in [1.29, 1.82) is 0 Å². The number of carbonyl (C=O) groups is 1. The highest BCUT2D eigenvalue weighted by Crippen LogP contribution is 2.31. The monoisotopic (exact) mass is 325 g/mol. The van der Waals surface area contributed by atoms with Gasteiger partial charge in [0.05, 0.1) is 4.90 Å². The fourth-order valence-electron chi connectivity index (χ4n) is 1.70. The Kier molecular flexibility index (Phi) is 5.21. The standard InChI is InChI=1S/C12H14F3NO4S/c1-2-7-16(8-11(17)18)9-3-5-10(6-4-9)21(19,20)12(13,14)15/h3-6H,2,7-8H2,1H3,(H,17,18). The Bertz CT molecular complexity index is 596. The van der Waals surface area contributed by atoms with Gasteiger partial charge in [0.25, 0.3) is 9.84 Å². The number of rotatable bonds is 6. The molecule has 0 bridgehead atoms. The maximum Gasteiger partial charge on any atom is 0.501 e. The van der Waals surface area contributed by atoms with E-state index in [0.717, 1.165) is 24.3 Å². The molecule has 9 heteroatoms. The second-order valence-electron chi connectivity index (χ2n) is 4.26. The Hall–Kier alpha value is -1.77. The minimum absolute atomic E-state index is 0.320. The van der Waals surface area contributed by atoms with Crippen LogP contribution < -0.4 is 4.90 Å². The summed E-state index contributed by atoms with van der Waals surface area (Å²) >= 11 is 0. The molecule has 1 aromatic carbocycles. The van der Waals surface area contributed by atoms with Crippen LogP contribution in [0.2, 0.25) is 0 Å². The summed E-state index contributed by atoms with van der Waals surface area (Å²) in [6.45, 7) is 1.88. The van der Waals surface area contributed by atoms with E-state index in [1.807, 2.05) is 6.92 Å². The summed E-state index contributed by atoms with van der Waals surface area (Å²) in [5, 5.41) is 8.78. The molecular weight excluding hydrogens is 311 g/mol. The van der Waals surface area contributed by atoms with Crippen molar-refractivity contribution in [2.75, 3.05) is 18.0 Å². The highest BCUT2D eigenvalue weighted by Gasteiger charge is 2.46. The molecular formula is C12H14F3NO4S. The molecule has 0 radical (unpaired) electrons. The molecule has 0 spiro atoms. The van der Waals surface area contributed by atoms with Crippen LogP contribution >= 0.6 is 0 Å². The number of carboxylic acid groups (broad SMARTS) is 1. The average Bonchev–Trinajstić information content (AvgIpc) is 2.36. The molecule has 0 saturated heterocycles. The Balaban J connectivity index is 3.09. The summed E-state index contributed by atoms with van der Waals surface area (Å²) in [6.07, 6.45) is 0.635. The van der Waals surface area contributed by atoms with Gasteiger partial charge in [-0.2, -0.15) is 13.2 Å². The first-order valence-electron chi connectivity index (χ1n) is 5.97. The lowest BCUT2D eigenvalue weighted by molar-refractivity contribution is -0.135. The molecule has 5 nitrogen and oxygen atoms in total. The van der Waals surface area contributed by atoms with Crippen molar-refractivity contribution in [3.05, 3.63) is 24.3 Å². The van der Waals surface area contributed by atoms with Crippen molar-refractivity contribution >= 4 is 21.5 Å². The Labute approximate surface area is 119 Å². The average molecular weight is 325 g/mol. The fraction of sp³-hybridized carbons (Fsp3) is 0.417. The number of hydrogen-bond acceptors (Lipinski definition) is 4. The molecule has 0 aromatic heterocycles. The van der Waals surface area contributed by atoms with Crippen LogP contribution in [0.15, 0.2) is 29.2 Å². The van der Waals surface area contributed by atoms with Crippen LogP contribution in [0.5, 0.6) is 0 Å². The zero-order valence-electron chi connectivity index (χ0n) is 11.1.